The predicted octanol–water partition coefficient (Wildman–Crippen LogP) is 1.33. The molecule has 0 atom stereocenters. The molecular weight excluding hydrogens is 243 g/mol. The van der Waals surface area contributed by atoms with Gasteiger partial charge < -0.3 is 4.90 Å². The van der Waals surface area contributed by atoms with Crippen LogP contribution in [0.1, 0.15) is 12.5 Å². The first-order chi connectivity index (χ1) is 7.83. The second-order valence-corrected chi connectivity index (χ2v) is 5.73. The molecule has 0 aliphatic heterocycles. The van der Waals surface area contributed by atoms with Crippen LogP contribution in [0.2, 0.25) is 0 Å². The van der Waals surface area contributed by atoms with E-state index in [1.807, 2.05) is 6.92 Å². The highest BCUT2D eigenvalue weighted by Gasteiger charge is 2.08. The van der Waals surface area contributed by atoms with E-state index in [4.69, 9.17) is 0 Å². The van der Waals surface area contributed by atoms with Crippen molar-refractivity contribution in [2.24, 2.45) is 0 Å². The Bertz CT molecular complexity index is 488. The minimum atomic E-state index is -3.25. The molecule has 0 amide bonds. The number of anilines is 1. The SMILES string of the molecule is CCN(C)c1ccc(CNS(C)(=O)=O)cc1F. The van der Waals surface area contributed by atoms with E-state index >= 15 is 0 Å². The first-order valence-electron chi connectivity index (χ1n) is 5.27. The van der Waals surface area contributed by atoms with Crippen molar-refractivity contribution in [1.29, 1.82) is 0 Å². The van der Waals surface area contributed by atoms with Crippen molar-refractivity contribution in [3.05, 3.63) is 29.6 Å². The predicted molar refractivity (Wildman–Crippen MR) is 67.0 cm³/mol. The Morgan fingerprint density at radius 2 is 2.06 bits per heavy atom. The van der Waals surface area contributed by atoms with Crippen LogP contribution >= 0.6 is 0 Å². The molecule has 1 aromatic rings. The van der Waals surface area contributed by atoms with E-state index in [0.29, 0.717) is 17.8 Å². The highest BCUT2D eigenvalue weighted by molar-refractivity contribution is 7.88. The number of halogens is 1. The molecule has 0 aliphatic rings. The van der Waals surface area contributed by atoms with Crippen molar-refractivity contribution in [1.82, 2.24) is 4.72 Å². The van der Waals surface area contributed by atoms with Gasteiger partial charge in [0, 0.05) is 20.1 Å². The number of rotatable bonds is 5. The van der Waals surface area contributed by atoms with E-state index in [9.17, 15) is 12.8 Å². The highest BCUT2D eigenvalue weighted by atomic mass is 32.2. The molecule has 0 saturated heterocycles. The molecule has 17 heavy (non-hydrogen) atoms. The lowest BCUT2D eigenvalue weighted by molar-refractivity contribution is 0.586. The van der Waals surface area contributed by atoms with E-state index in [2.05, 4.69) is 4.72 Å². The fourth-order valence-electron chi connectivity index (χ4n) is 1.35. The van der Waals surface area contributed by atoms with Gasteiger partial charge in [-0.3, -0.25) is 0 Å². The van der Waals surface area contributed by atoms with Crippen molar-refractivity contribution in [3.63, 3.8) is 0 Å². The van der Waals surface area contributed by atoms with E-state index in [0.717, 1.165) is 6.26 Å². The average molecular weight is 260 g/mol. The number of sulfonamides is 1. The molecule has 96 valence electrons. The molecule has 0 spiro atoms. The molecule has 0 bridgehead atoms. The summed E-state index contributed by atoms with van der Waals surface area (Å²) in [6, 6.07) is 4.71. The topological polar surface area (TPSA) is 49.4 Å². The Hall–Kier alpha value is -1.14. The molecule has 1 aromatic carbocycles. The Labute approximate surface area is 101 Å². The quantitative estimate of drug-likeness (QED) is 0.869. The Morgan fingerprint density at radius 1 is 1.41 bits per heavy atom. The first kappa shape index (κ1) is 13.9. The second-order valence-electron chi connectivity index (χ2n) is 3.89. The molecule has 0 saturated carbocycles. The standard InChI is InChI=1S/C11H17FN2O2S/c1-4-14(2)11-6-5-9(7-10(11)12)8-13-17(3,15)16/h5-7,13H,4,8H2,1-3H3. The summed E-state index contributed by atoms with van der Waals surface area (Å²) in [5, 5.41) is 0. The zero-order valence-electron chi connectivity index (χ0n) is 10.2. The Morgan fingerprint density at radius 3 is 2.53 bits per heavy atom. The van der Waals surface area contributed by atoms with Crippen LogP contribution in [-0.2, 0) is 16.6 Å². The lowest BCUT2D eigenvalue weighted by Gasteiger charge is -2.18. The summed E-state index contributed by atoms with van der Waals surface area (Å²) < 4.78 is 37.8. The minimum Gasteiger partial charge on any atom is -0.373 e. The minimum absolute atomic E-state index is 0.103. The summed E-state index contributed by atoms with van der Waals surface area (Å²) in [7, 11) is -1.45. The van der Waals surface area contributed by atoms with E-state index in [-0.39, 0.29) is 12.4 Å². The van der Waals surface area contributed by atoms with Crippen LogP contribution in [0.4, 0.5) is 10.1 Å². The fourth-order valence-corrected chi connectivity index (χ4v) is 1.78. The molecule has 0 aromatic heterocycles. The molecular formula is C11H17FN2O2S. The van der Waals surface area contributed by atoms with Gasteiger partial charge in [0.15, 0.2) is 0 Å². The normalized spacial score (nSPS) is 11.5. The summed E-state index contributed by atoms with van der Waals surface area (Å²) in [5.74, 6) is -0.345. The van der Waals surface area contributed by atoms with Crippen LogP contribution < -0.4 is 9.62 Å². The van der Waals surface area contributed by atoms with Crippen molar-refractivity contribution >= 4 is 15.7 Å². The van der Waals surface area contributed by atoms with Gasteiger partial charge in [-0.25, -0.2) is 17.5 Å². The number of hydrogen-bond donors (Lipinski definition) is 1. The van der Waals surface area contributed by atoms with Gasteiger partial charge in [0.25, 0.3) is 0 Å². The zero-order chi connectivity index (χ0) is 13.1. The van der Waals surface area contributed by atoms with Crippen LogP contribution in [0.3, 0.4) is 0 Å². The third-order valence-electron chi connectivity index (χ3n) is 2.44. The molecule has 0 heterocycles. The van der Waals surface area contributed by atoms with Crippen LogP contribution in [-0.4, -0.2) is 28.3 Å². The maximum atomic E-state index is 13.7. The largest absolute Gasteiger partial charge is 0.373 e. The third-order valence-corrected chi connectivity index (χ3v) is 3.10. The van der Waals surface area contributed by atoms with Crippen molar-refractivity contribution < 1.29 is 12.8 Å². The Kier molecular flexibility index (Phi) is 4.47. The summed E-state index contributed by atoms with van der Waals surface area (Å²) in [4.78, 5) is 1.78. The lowest BCUT2D eigenvalue weighted by atomic mass is 10.2. The van der Waals surface area contributed by atoms with E-state index in [1.54, 1.807) is 24.1 Å². The monoisotopic (exact) mass is 260 g/mol. The van der Waals surface area contributed by atoms with Gasteiger partial charge in [0.2, 0.25) is 10.0 Å². The van der Waals surface area contributed by atoms with Crippen LogP contribution in [0.25, 0.3) is 0 Å². The summed E-state index contributed by atoms with van der Waals surface area (Å²) >= 11 is 0. The van der Waals surface area contributed by atoms with Crippen molar-refractivity contribution in [3.8, 4) is 0 Å². The molecule has 1 N–H and O–H groups in total. The maximum absolute atomic E-state index is 13.7. The molecule has 0 unspecified atom stereocenters. The second kappa shape index (κ2) is 5.46. The van der Waals surface area contributed by atoms with Crippen molar-refractivity contribution in [2.45, 2.75) is 13.5 Å². The highest BCUT2D eigenvalue weighted by Crippen LogP contribution is 2.19. The van der Waals surface area contributed by atoms with E-state index < -0.39 is 10.0 Å². The van der Waals surface area contributed by atoms with Gasteiger partial charge in [-0.05, 0) is 24.6 Å². The maximum Gasteiger partial charge on any atom is 0.209 e. The van der Waals surface area contributed by atoms with Gasteiger partial charge in [-0.15, -0.1) is 0 Å². The molecule has 0 fully saturated rings. The molecule has 4 nitrogen and oxygen atoms in total. The number of nitrogens with one attached hydrogen (secondary N) is 1. The number of benzene rings is 1. The first-order valence-corrected chi connectivity index (χ1v) is 7.17. The van der Waals surface area contributed by atoms with Gasteiger partial charge in [-0.1, -0.05) is 6.07 Å². The summed E-state index contributed by atoms with van der Waals surface area (Å²) in [5.41, 5.74) is 1.11. The van der Waals surface area contributed by atoms with Gasteiger partial charge in [-0.2, -0.15) is 0 Å². The summed E-state index contributed by atoms with van der Waals surface area (Å²) in [6.45, 7) is 2.74. The molecule has 1 rings (SSSR count). The zero-order valence-corrected chi connectivity index (χ0v) is 11.0. The van der Waals surface area contributed by atoms with Crippen LogP contribution in [0.15, 0.2) is 18.2 Å². The van der Waals surface area contributed by atoms with Gasteiger partial charge in [0.05, 0.1) is 11.9 Å². The van der Waals surface area contributed by atoms with Crippen molar-refractivity contribution in [2.75, 3.05) is 24.7 Å². The lowest BCUT2D eigenvalue weighted by Crippen LogP contribution is -2.21. The van der Waals surface area contributed by atoms with Crippen LogP contribution in [0.5, 0.6) is 0 Å². The van der Waals surface area contributed by atoms with E-state index in [1.165, 1.54) is 6.07 Å². The number of hydrogen-bond acceptors (Lipinski definition) is 3. The fraction of sp³-hybridized carbons (Fsp3) is 0.455. The molecule has 6 heteroatoms. The van der Waals surface area contributed by atoms with Gasteiger partial charge in [0.1, 0.15) is 5.82 Å². The Balaban J connectivity index is 2.82. The smallest absolute Gasteiger partial charge is 0.209 e. The average Bonchev–Trinajstić information content (AvgIpc) is 2.24. The van der Waals surface area contributed by atoms with Crippen LogP contribution in [0, 0.1) is 5.82 Å². The van der Waals surface area contributed by atoms with Gasteiger partial charge >= 0.3 is 0 Å². The third kappa shape index (κ3) is 4.32. The summed E-state index contributed by atoms with van der Waals surface area (Å²) in [6.07, 6.45) is 1.07. The molecule has 0 radical (unpaired) electrons. The number of nitrogens with zero attached hydrogens (tertiary/aromatic N) is 1. The molecule has 0 aliphatic carbocycles.